The minimum Gasteiger partial charge on any atom is -0.317 e. The predicted molar refractivity (Wildman–Crippen MR) is 81.4 cm³/mol. The largest absolute Gasteiger partial charge is 0.317 e. The standard InChI is InChI=1S/C12H15Cl2NO2S.ClH/c13-10-1-2-12(11(14)7-10)18(16,17)8-9-3-5-15-6-4-9;/h1-2,7,9,15H,3-6,8H2;1H. The van der Waals surface area contributed by atoms with Gasteiger partial charge in [0.1, 0.15) is 0 Å². The molecule has 19 heavy (non-hydrogen) atoms. The molecule has 0 atom stereocenters. The molecule has 2 rings (SSSR count). The van der Waals surface area contributed by atoms with Crippen LogP contribution in [0.4, 0.5) is 0 Å². The Morgan fingerprint density at radius 2 is 1.84 bits per heavy atom. The summed E-state index contributed by atoms with van der Waals surface area (Å²) in [5, 5.41) is 3.87. The molecule has 1 aliphatic rings. The molecule has 0 unspecified atom stereocenters. The molecule has 1 heterocycles. The van der Waals surface area contributed by atoms with Crippen molar-refractivity contribution in [3.05, 3.63) is 28.2 Å². The van der Waals surface area contributed by atoms with Crippen LogP contribution in [0.15, 0.2) is 23.1 Å². The van der Waals surface area contributed by atoms with Crippen molar-refractivity contribution in [2.45, 2.75) is 17.7 Å². The van der Waals surface area contributed by atoms with Crippen LogP contribution >= 0.6 is 35.6 Å². The van der Waals surface area contributed by atoms with Gasteiger partial charge in [-0.2, -0.15) is 0 Å². The SMILES string of the molecule is Cl.O=S(=O)(CC1CCNCC1)c1ccc(Cl)cc1Cl. The maximum absolute atomic E-state index is 12.3. The van der Waals surface area contributed by atoms with Crippen LogP contribution in [0.5, 0.6) is 0 Å². The summed E-state index contributed by atoms with van der Waals surface area (Å²) in [6.45, 7) is 1.77. The summed E-state index contributed by atoms with van der Waals surface area (Å²) < 4.78 is 24.6. The molecule has 0 saturated carbocycles. The highest BCUT2D eigenvalue weighted by Crippen LogP contribution is 2.28. The molecule has 1 N–H and O–H groups in total. The van der Waals surface area contributed by atoms with E-state index in [0.29, 0.717) is 5.02 Å². The van der Waals surface area contributed by atoms with E-state index in [1.54, 1.807) is 6.07 Å². The second-order valence-corrected chi connectivity index (χ2v) is 7.40. The van der Waals surface area contributed by atoms with Gasteiger partial charge >= 0.3 is 0 Å². The van der Waals surface area contributed by atoms with Crippen LogP contribution in [0.3, 0.4) is 0 Å². The normalized spacial score (nSPS) is 16.9. The van der Waals surface area contributed by atoms with Crippen molar-refractivity contribution in [3.63, 3.8) is 0 Å². The lowest BCUT2D eigenvalue weighted by molar-refractivity contribution is 0.401. The second kappa shape index (κ2) is 7.14. The number of nitrogens with one attached hydrogen (secondary N) is 1. The van der Waals surface area contributed by atoms with Crippen LogP contribution in [0.1, 0.15) is 12.8 Å². The van der Waals surface area contributed by atoms with E-state index < -0.39 is 9.84 Å². The lowest BCUT2D eigenvalue weighted by atomic mass is 10.0. The molecule has 0 bridgehead atoms. The first-order valence-electron chi connectivity index (χ1n) is 5.87. The molecule has 0 aromatic heterocycles. The van der Waals surface area contributed by atoms with E-state index in [1.165, 1.54) is 12.1 Å². The average Bonchev–Trinajstić information content (AvgIpc) is 2.29. The number of piperidine rings is 1. The molecule has 7 heteroatoms. The summed E-state index contributed by atoms with van der Waals surface area (Å²) in [5.74, 6) is 0.374. The van der Waals surface area contributed by atoms with Gasteiger partial charge in [0.15, 0.2) is 9.84 Å². The smallest absolute Gasteiger partial charge is 0.180 e. The van der Waals surface area contributed by atoms with Gasteiger partial charge in [0.05, 0.1) is 15.7 Å². The number of rotatable bonds is 3. The fourth-order valence-corrected chi connectivity index (χ4v) is 4.70. The maximum atomic E-state index is 12.3. The Labute approximate surface area is 130 Å². The van der Waals surface area contributed by atoms with Crippen molar-refractivity contribution in [2.75, 3.05) is 18.8 Å². The van der Waals surface area contributed by atoms with Gasteiger partial charge in [0, 0.05) is 5.02 Å². The van der Waals surface area contributed by atoms with Crippen molar-refractivity contribution in [1.29, 1.82) is 0 Å². The maximum Gasteiger partial charge on any atom is 0.180 e. The Kier molecular flexibility index (Phi) is 6.40. The van der Waals surface area contributed by atoms with Crippen LogP contribution in [-0.4, -0.2) is 27.3 Å². The molecule has 1 fully saturated rings. The summed E-state index contributed by atoms with van der Waals surface area (Å²) in [6.07, 6.45) is 1.79. The Hall–Kier alpha value is -0.000000000000000111. The first-order chi connectivity index (χ1) is 8.49. The third kappa shape index (κ3) is 4.50. The summed E-state index contributed by atoms with van der Waals surface area (Å²) in [7, 11) is -3.33. The zero-order valence-electron chi connectivity index (χ0n) is 10.2. The van der Waals surface area contributed by atoms with Gasteiger partial charge in [0.2, 0.25) is 0 Å². The van der Waals surface area contributed by atoms with Crippen LogP contribution in [0.2, 0.25) is 10.0 Å². The Morgan fingerprint density at radius 1 is 1.21 bits per heavy atom. The first-order valence-corrected chi connectivity index (χ1v) is 8.28. The summed E-state index contributed by atoms with van der Waals surface area (Å²) in [5.41, 5.74) is 0. The number of benzene rings is 1. The number of sulfone groups is 1. The van der Waals surface area contributed by atoms with E-state index in [4.69, 9.17) is 23.2 Å². The van der Waals surface area contributed by atoms with Gasteiger partial charge in [-0.05, 0) is 50.0 Å². The first kappa shape index (κ1) is 17.1. The van der Waals surface area contributed by atoms with Crippen molar-refractivity contribution >= 4 is 45.4 Å². The average molecular weight is 345 g/mol. The van der Waals surface area contributed by atoms with Gasteiger partial charge in [-0.1, -0.05) is 23.2 Å². The van der Waals surface area contributed by atoms with E-state index in [0.717, 1.165) is 25.9 Å². The van der Waals surface area contributed by atoms with Gasteiger partial charge in [-0.15, -0.1) is 12.4 Å². The monoisotopic (exact) mass is 343 g/mol. The number of halogens is 3. The number of hydrogen-bond acceptors (Lipinski definition) is 3. The summed E-state index contributed by atoms with van der Waals surface area (Å²) in [6, 6.07) is 4.52. The topological polar surface area (TPSA) is 46.2 Å². The zero-order valence-corrected chi connectivity index (χ0v) is 13.4. The Morgan fingerprint density at radius 3 is 2.42 bits per heavy atom. The van der Waals surface area contributed by atoms with E-state index in [9.17, 15) is 8.42 Å². The predicted octanol–water partition coefficient (Wildman–Crippen LogP) is 3.19. The quantitative estimate of drug-likeness (QED) is 0.916. The molecule has 0 aliphatic carbocycles. The molecular formula is C12H16Cl3NO2S. The minimum atomic E-state index is -3.33. The van der Waals surface area contributed by atoms with Gasteiger partial charge < -0.3 is 5.32 Å². The summed E-state index contributed by atoms with van der Waals surface area (Å²) >= 11 is 11.7. The van der Waals surface area contributed by atoms with Gasteiger partial charge in [-0.25, -0.2) is 8.42 Å². The molecule has 108 valence electrons. The van der Waals surface area contributed by atoms with Crippen LogP contribution in [-0.2, 0) is 9.84 Å². The highest BCUT2D eigenvalue weighted by atomic mass is 35.5. The van der Waals surface area contributed by atoms with E-state index in [2.05, 4.69) is 5.32 Å². The highest BCUT2D eigenvalue weighted by molar-refractivity contribution is 7.91. The van der Waals surface area contributed by atoms with Crippen LogP contribution in [0.25, 0.3) is 0 Å². The van der Waals surface area contributed by atoms with Crippen LogP contribution < -0.4 is 5.32 Å². The van der Waals surface area contributed by atoms with Crippen molar-refractivity contribution in [2.24, 2.45) is 5.92 Å². The lowest BCUT2D eigenvalue weighted by Crippen LogP contribution is -2.31. The van der Waals surface area contributed by atoms with Crippen molar-refractivity contribution < 1.29 is 8.42 Å². The van der Waals surface area contributed by atoms with Gasteiger partial charge in [-0.3, -0.25) is 0 Å². The molecule has 1 aliphatic heterocycles. The van der Waals surface area contributed by atoms with Crippen LogP contribution in [0, 0.1) is 5.92 Å². The minimum absolute atomic E-state index is 0. The van der Waals surface area contributed by atoms with E-state index in [-0.39, 0.29) is 34.0 Å². The fraction of sp³-hybridized carbons (Fsp3) is 0.500. The van der Waals surface area contributed by atoms with E-state index in [1.807, 2.05) is 0 Å². The fourth-order valence-electron chi connectivity index (χ4n) is 2.18. The van der Waals surface area contributed by atoms with Gasteiger partial charge in [0.25, 0.3) is 0 Å². The zero-order chi connectivity index (χ0) is 13.2. The molecule has 0 spiro atoms. The molecule has 1 aromatic rings. The molecule has 0 radical (unpaired) electrons. The molecule has 1 saturated heterocycles. The second-order valence-electron chi connectivity index (χ2n) is 4.55. The Bertz CT molecular complexity index is 528. The molecule has 0 amide bonds. The molecule has 3 nitrogen and oxygen atoms in total. The highest BCUT2D eigenvalue weighted by Gasteiger charge is 2.24. The van der Waals surface area contributed by atoms with Crippen molar-refractivity contribution in [3.8, 4) is 0 Å². The Balaban J connectivity index is 0.00000180. The molecule has 1 aromatic carbocycles. The van der Waals surface area contributed by atoms with Crippen molar-refractivity contribution in [1.82, 2.24) is 5.32 Å². The molecular weight excluding hydrogens is 329 g/mol. The third-order valence-corrected chi connectivity index (χ3v) is 5.74. The number of hydrogen-bond donors (Lipinski definition) is 1. The third-order valence-electron chi connectivity index (χ3n) is 3.14. The van der Waals surface area contributed by atoms with E-state index >= 15 is 0 Å². The lowest BCUT2D eigenvalue weighted by Gasteiger charge is -2.22. The summed E-state index contributed by atoms with van der Waals surface area (Å²) in [4.78, 5) is 0.187.